The van der Waals surface area contributed by atoms with Crippen molar-refractivity contribution in [3.8, 4) is 0 Å². The third-order valence-electron chi connectivity index (χ3n) is 4.31. The van der Waals surface area contributed by atoms with E-state index in [2.05, 4.69) is 6.58 Å². The van der Waals surface area contributed by atoms with Crippen molar-refractivity contribution in [3.05, 3.63) is 48.6 Å². The Labute approximate surface area is 181 Å². The van der Waals surface area contributed by atoms with Crippen molar-refractivity contribution in [2.45, 2.75) is 58.1 Å². The zero-order valence-corrected chi connectivity index (χ0v) is 17.9. The third kappa shape index (κ3) is 7.78. The summed E-state index contributed by atoms with van der Waals surface area (Å²) in [6.45, 7) is 7.38. The third-order valence-corrected chi connectivity index (χ3v) is 4.31. The number of rotatable bonds is 10. The summed E-state index contributed by atoms with van der Waals surface area (Å²) in [5.74, 6) is -1.72. The Bertz CT molecular complexity index is 749. The van der Waals surface area contributed by atoms with Gasteiger partial charge in [-0.1, -0.05) is 36.4 Å². The fraction of sp³-hybridized carbons (Fsp3) is 0.500. The number of hydrogen-bond acceptors (Lipinski definition) is 9. The molecule has 1 fully saturated rings. The highest BCUT2D eigenvalue weighted by atomic mass is 16.7. The maximum atomic E-state index is 11.8. The molecule has 0 aliphatic carbocycles. The second-order valence-electron chi connectivity index (χ2n) is 6.88. The lowest BCUT2D eigenvalue weighted by Crippen LogP contribution is -2.62. The Balaban J connectivity index is 2.32. The average molecular weight is 436 g/mol. The van der Waals surface area contributed by atoms with Gasteiger partial charge < -0.3 is 28.4 Å². The van der Waals surface area contributed by atoms with Gasteiger partial charge in [-0.25, -0.2) is 0 Å². The maximum absolute atomic E-state index is 11.8. The van der Waals surface area contributed by atoms with Crippen LogP contribution in [-0.2, 0) is 49.4 Å². The number of esters is 3. The van der Waals surface area contributed by atoms with E-state index >= 15 is 0 Å². The molecule has 1 aliphatic heterocycles. The summed E-state index contributed by atoms with van der Waals surface area (Å²) in [4.78, 5) is 34.9. The molecule has 5 atom stereocenters. The maximum Gasteiger partial charge on any atom is 0.303 e. The first-order valence-electron chi connectivity index (χ1n) is 9.83. The lowest BCUT2D eigenvalue weighted by molar-refractivity contribution is -0.313. The lowest BCUT2D eigenvalue weighted by Gasteiger charge is -2.44. The molecule has 0 amide bonds. The van der Waals surface area contributed by atoms with Crippen LogP contribution in [0.5, 0.6) is 0 Å². The van der Waals surface area contributed by atoms with Gasteiger partial charge in [-0.15, -0.1) is 6.58 Å². The van der Waals surface area contributed by atoms with Gasteiger partial charge in [0.2, 0.25) is 0 Å². The summed E-state index contributed by atoms with van der Waals surface area (Å²) in [6, 6.07) is 9.33. The van der Waals surface area contributed by atoms with E-state index in [1.54, 1.807) is 0 Å². The summed E-state index contributed by atoms with van der Waals surface area (Å²) < 4.78 is 33.6. The molecule has 9 nitrogen and oxygen atoms in total. The molecule has 1 aromatic carbocycles. The van der Waals surface area contributed by atoms with Crippen molar-refractivity contribution in [3.63, 3.8) is 0 Å². The smallest absolute Gasteiger partial charge is 0.303 e. The van der Waals surface area contributed by atoms with Crippen molar-refractivity contribution < 1.29 is 42.8 Å². The van der Waals surface area contributed by atoms with Crippen LogP contribution in [0, 0.1) is 0 Å². The highest BCUT2D eigenvalue weighted by Gasteiger charge is 2.51. The molecule has 1 saturated heterocycles. The van der Waals surface area contributed by atoms with Crippen LogP contribution in [0.3, 0.4) is 0 Å². The Hall–Kier alpha value is -2.75. The SMILES string of the molecule is C=CCO[C@@H]1[C@@H](OC(C)=O)[C@@H](OCc2ccccc2)O[C@H](COC(C)=O)[C@H]1OC(C)=O. The quantitative estimate of drug-likeness (QED) is 0.309. The van der Waals surface area contributed by atoms with Crippen LogP contribution in [-0.4, -0.2) is 61.8 Å². The second kappa shape index (κ2) is 12.2. The second-order valence-corrected chi connectivity index (χ2v) is 6.88. The minimum atomic E-state index is -1.06. The first kappa shape index (κ1) is 24.5. The number of ether oxygens (including phenoxy) is 6. The van der Waals surface area contributed by atoms with Gasteiger partial charge in [0.25, 0.3) is 0 Å². The first-order chi connectivity index (χ1) is 14.8. The fourth-order valence-electron chi connectivity index (χ4n) is 3.12. The molecule has 2 rings (SSSR count). The van der Waals surface area contributed by atoms with Gasteiger partial charge in [-0.05, 0) is 5.56 Å². The predicted octanol–water partition coefficient (Wildman–Crippen LogP) is 1.93. The molecular formula is C22H28O9. The Morgan fingerprint density at radius 3 is 2.16 bits per heavy atom. The van der Waals surface area contributed by atoms with Gasteiger partial charge >= 0.3 is 17.9 Å². The zero-order chi connectivity index (χ0) is 22.8. The van der Waals surface area contributed by atoms with Gasteiger partial charge in [-0.2, -0.15) is 0 Å². The molecule has 0 N–H and O–H groups in total. The zero-order valence-electron chi connectivity index (χ0n) is 17.9. The van der Waals surface area contributed by atoms with Gasteiger partial charge in [0.05, 0.1) is 13.2 Å². The van der Waals surface area contributed by atoms with E-state index in [4.69, 9.17) is 28.4 Å². The monoisotopic (exact) mass is 436 g/mol. The molecule has 1 heterocycles. The standard InChI is InChI=1S/C22H28O9/c1-5-11-26-20-19(29-15(3)24)18(13-27-14(2)23)31-22(21(20)30-16(4)25)28-12-17-9-7-6-8-10-17/h5-10,18-22H,1,11-13H2,2-4H3/t18-,19-,20+,21-,22+/m1/s1. The van der Waals surface area contributed by atoms with Crippen LogP contribution >= 0.6 is 0 Å². The number of carbonyl (C=O) groups excluding carboxylic acids is 3. The van der Waals surface area contributed by atoms with Crippen LogP contribution in [0.1, 0.15) is 26.3 Å². The summed E-state index contributed by atoms with van der Waals surface area (Å²) in [6.07, 6.45) is -3.47. The highest BCUT2D eigenvalue weighted by molar-refractivity contribution is 5.67. The average Bonchev–Trinajstić information content (AvgIpc) is 2.71. The minimum absolute atomic E-state index is 0.0892. The minimum Gasteiger partial charge on any atom is -0.463 e. The van der Waals surface area contributed by atoms with Crippen LogP contribution in [0.25, 0.3) is 0 Å². The van der Waals surface area contributed by atoms with Crippen molar-refractivity contribution in [1.29, 1.82) is 0 Å². The Morgan fingerprint density at radius 1 is 0.935 bits per heavy atom. The van der Waals surface area contributed by atoms with E-state index < -0.39 is 48.6 Å². The fourth-order valence-corrected chi connectivity index (χ4v) is 3.12. The van der Waals surface area contributed by atoms with Crippen molar-refractivity contribution in [1.82, 2.24) is 0 Å². The van der Waals surface area contributed by atoms with E-state index in [1.165, 1.54) is 26.8 Å². The summed E-state index contributed by atoms with van der Waals surface area (Å²) in [5, 5.41) is 0. The topological polar surface area (TPSA) is 107 Å². The van der Waals surface area contributed by atoms with E-state index in [0.29, 0.717) is 0 Å². The number of hydrogen-bond donors (Lipinski definition) is 0. The lowest BCUT2D eigenvalue weighted by atomic mass is 9.98. The predicted molar refractivity (Wildman–Crippen MR) is 108 cm³/mol. The summed E-state index contributed by atoms with van der Waals surface area (Å²) in [5.41, 5.74) is 0.870. The molecule has 170 valence electrons. The molecule has 9 heteroatoms. The molecule has 0 bridgehead atoms. The summed E-state index contributed by atoms with van der Waals surface area (Å²) >= 11 is 0. The van der Waals surface area contributed by atoms with Crippen molar-refractivity contribution >= 4 is 17.9 Å². The van der Waals surface area contributed by atoms with E-state index in [1.807, 2.05) is 30.3 Å². The normalized spacial score (nSPS) is 25.3. The van der Waals surface area contributed by atoms with E-state index in [9.17, 15) is 14.4 Å². The van der Waals surface area contributed by atoms with Crippen molar-refractivity contribution in [2.75, 3.05) is 13.2 Å². The van der Waals surface area contributed by atoms with Crippen LogP contribution < -0.4 is 0 Å². The van der Waals surface area contributed by atoms with Gasteiger partial charge in [0.1, 0.15) is 18.8 Å². The molecule has 0 radical (unpaired) electrons. The Morgan fingerprint density at radius 2 is 1.58 bits per heavy atom. The molecular weight excluding hydrogens is 408 g/mol. The van der Waals surface area contributed by atoms with Crippen LogP contribution in [0.4, 0.5) is 0 Å². The van der Waals surface area contributed by atoms with E-state index in [-0.39, 0.29) is 19.8 Å². The van der Waals surface area contributed by atoms with Gasteiger partial charge in [0, 0.05) is 20.8 Å². The van der Waals surface area contributed by atoms with Gasteiger partial charge in [0.15, 0.2) is 18.5 Å². The van der Waals surface area contributed by atoms with Crippen LogP contribution in [0.2, 0.25) is 0 Å². The molecule has 31 heavy (non-hydrogen) atoms. The Kier molecular flexibility index (Phi) is 9.64. The molecule has 0 aromatic heterocycles. The molecule has 1 aliphatic rings. The molecule has 1 aromatic rings. The number of carbonyl (C=O) groups is 3. The van der Waals surface area contributed by atoms with Gasteiger partial charge in [-0.3, -0.25) is 14.4 Å². The van der Waals surface area contributed by atoms with E-state index in [0.717, 1.165) is 5.56 Å². The highest BCUT2D eigenvalue weighted by Crippen LogP contribution is 2.30. The van der Waals surface area contributed by atoms with Crippen molar-refractivity contribution in [2.24, 2.45) is 0 Å². The largest absolute Gasteiger partial charge is 0.463 e. The summed E-state index contributed by atoms with van der Waals surface area (Å²) in [7, 11) is 0. The molecule has 0 unspecified atom stereocenters. The molecule has 0 spiro atoms. The first-order valence-corrected chi connectivity index (χ1v) is 9.83. The van der Waals surface area contributed by atoms with Crippen LogP contribution in [0.15, 0.2) is 43.0 Å². The molecule has 0 saturated carbocycles. The number of benzene rings is 1.